The highest BCUT2D eigenvalue weighted by Gasteiger charge is 2.30. The molecule has 0 aromatic heterocycles. The molecule has 1 fully saturated rings. The largest absolute Gasteiger partial charge is 0.444 e. The topological polar surface area (TPSA) is 41.6 Å². The maximum Gasteiger partial charge on any atom is 0.407 e. The molecule has 1 saturated heterocycles. The molecule has 4 heteroatoms. The van der Waals surface area contributed by atoms with Crippen LogP contribution in [0.15, 0.2) is 0 Å². The zero-order valence-electron chi connectivity index (χ0n) is 10.9. The minimum Gasteiger partial charge on any atom is -0.444 e. The first-order valence-corrected chi connectivity index (χ1v) is 6.12. The molecular formula is C12H26N2O2. The Morgan fingerprint density at radius 2 is 2.12 bits per heavy atom. The van der Waals surface area contributed by atoms with E-state index >= 15 is 0 Å². The quantitative estimate of drug-likeness (QED) is 0.805. The van der Waals surface area contributed by atoms with Crippen LogP contribution in [0, 0.1) is 0 Å². The van der Waals surface area contributed by atoms with Crippen molar-refractivity contribution in [3.05, 3.63) is 0 Å². The molecule has 1 N–H and O–H groups in total. The van der Waals surface area contributed by atoms with Gasteiger partial charge in [0.25, 0.3) is 0 Å². The molecule has 0 aromatic rings. The van der Waals surface area contributed by atoms with Crippen LogP contribution in [-0.2, 0) is 4.74 Å². The summed E-state index contributed by atoms with van der Waals surface area (Å²) >= 11 is 0. The van der Waals surface area contributed by atoms with Crippen molar-refractivity contribution in [3.63, 3.8) is 0 Å². The van der Waals surface area contributed by atoms with Crippen molar-refractivity contribution >= 4 is 6.09 Å². The lowest BCUT2D eigenvalue weighted by molar-refractivity contribution is -0.0153. The van der Waals surface area contributed by atoms with Crippen LogP contribution in [-0.4, -0.2) is 42.3 Å². The van der Waals surface area contributed by atoms with E-state index in [2.05, 4.69) is 17.1 Å². The fourth-order valence-corrected chi connectivity index (χ4v) is 1.65. The fourth-order valence-electron chi connectivity index (χ4n) is 1.65. The summed E-state index contributed by atoms with van der Waals surface area (Å²) in [6.45, 7) is 10.9. The Bertz CT molecular complexity index is 235. The number of nitrogens with one attached hydrogen (secondary N) is 1. The molecule has 1 amide bonds. The summed E-state index contributed by atoms with van der Waals surface area (Å²) in [6.07, 6.45) is 2.22. The van der Waals surface area contributed by atoms with Gasteiger partial charge in [0.1, 0.15) is 6.10 Å². The van der Waals surface area contributed by atoms with Crippen LogP contribution in [0.1, 0.15) is 42.0 Å². The van der Waals surface area contributed by atoms with Gasteiger partial charge in [0.15, 0.2) is 0 Å². The van der Waals surface area contributed by atoms with E-state index in [0.29, 0.717) is 0 Å². The van der Waals surface area contributed by atoms with Crippen LogP contribution in [0.4, 0.5) is 4.79 Å². The van der Waals surface area contributed by atoms with Gasteiger partial charge >= 0.3 is 6.09 Å². The fraction of sp³-hybridized carbons (Fsp3) is 0.917. The number of alkyl carbamates (subject to hydrolysis) is 1. The smallest absolute Gasteiger partial charge is 0.407 e. The second kappa shape index (κ2) is 5.53. The Morgan fingerprint density at radius 3 is 2.62 bits per heavy atom. The number of hydrogen-bond acceptors (Lipinski definition) is 3. The number of unbranched alkanes of at least 4 members (excludes halogenated alkanes) is 1. The third-order valence-electron chi connectivity index (χ3n) is 2.50. The second-order valence-corrected chi connectivity index (χ2v) is 5.52. The number of carbonyl (C=O) groups excluding carboxylic acids is 1. The standard InChI is InChI=1S/C12H24N2O2.H2/c1-5-6-7-14-8-10(9-14)16-11(15)13-12(2,3)4;/h10H,5-9H2,1-4H3,(H,13,15);1H. The van der Waals surface area contributed by atoms with E-state index in [4.69, 9.17) is 4.74 Å². The minimum atomic E-state index is -0.298. The van der Waals surface area contributed by atoms with Gasteiger partial charge in [-0.15, -0.1) is 0 Å². The van der Waals surface area contributed by atoms with Crippen molar-refractivity contribution in [1.29, 1.82) is 0 Å². The maximum absolute atomic E-state index is 11.4. The van der Waals surface area contributed by atoms with Crippen LogP contribution in [0.25, 0.3) is 0 Å². The SMILES string of the molecule is CCCCN1CC(OC(=O)NC(C)(C)C)C1.[HH]. The molecule has 16 heavy (non-hydrogen) atoms. The molecule has 0 atom stereocenters. The predicted molar refractivity (Wildman–Crippen MR) is 66.6 cm³/mol. The van der Waals surface area contributed by atoms with Crippen molar-refractivity contribution in [3.8, 4) is 0 Å². The molecule has 0 spiro atoms. The molecule has 0 radical (unpaired) electrons. The van der Waals surface area contributed by atoms with Gasteiger partial charge in [0.2, 0.25) is 0 Å². The summed E-state index contributed by atoms with van der Waals surface area (Å²) in [5.74, 6) is 0. The minimum absolute atomic E-state index is 0. The third kappa shape index (κ3) is 4.84. The van der Waals surface area contributed by atoms with Gasteiger partial charge in [-0.3, -0.25) is 4.90 Å². The van der Waals surface area contributed by atoms with Gasteiger partial charge in [0.05, 0.1) is 0 Å². The van der Waals surface area contributed by atoms with Crippen LogP contribution in [0.5, 0.6) is 0 Å². The Morgan fingerprint density at radius 1 is 1.50 bits per heavy atom. The highest BCUT2D eigenvalue weighted by atomic mass is 16.6. The predicted octanol–water partition coefficient (Wildman–Crippen LogP) is 2.24. The third-order valence-corrected chi connectivity index (χ3v) is 2.50. The zero-order valence-corrected chi connectivity index (χ0v) is 10.9. The zero-order chi connectivity index (χ0) is 12.2. The number of likely N-dealkylation sites (tertiary alicyclic amines) is 1. The molecule has 0 aromatic carbocycles. The highest BCUT2D eigenvalue weighted by Crippen LogP contribution is 2.13. The molecule has 0 saturated carbocycles. The Hall–Kier alpha value is -0.770. The summed E-state index contributed by atoms with van der Waals surface area (Å²) in [5, 5.41) is 2.80. The summed E-state index contributed by atoms with van der Waals surface area (Å²) in [6, 6.07) is 0. The Labute approximate surface area is 99.8 Å². The molecule has 1 heterocycles. The molecule has 1 aliphatic rings. The van der Waals surface area contributed by atoms with Crippen LogP contribution in [0.2, 0.25) is 0 Å². The van der Waals surface area contributed by atoms with Crippen molar-refractivity contribution in [1.82, 2.24) is 10.2 Å². The van der Waals surface area contributed by atoms with E-state index in [1.54, 1.807) is 0 Å². The molecule has 0 unspecified atom stereocenters. The number of rotatable bonds is 4. The molecule has 1 aliphatic heterocycles. The molecule has 4 nitrogen and oxygen atoms in total. The first-order chi connectivity index (χ1) is 7.40. The number of amides is 1. The average Bonchev–Trinajstić information content (AvgIpc) is 2.05. The van der Waals surface area contributed by atoms with E-state index < -0.39 is 0 Å². The summed E-state index contributed by atoms with van der Waals surface area (Å²) in [7, 11) is 0. The first-order valence-electron chi connectivity index (χ1n) is 6.12. The van der Waals surface area contributed by atoms with Crippen LogP contribution in [0.3, 0.4) is 0 Å². The van der Waals surface area contributed by atoms with Crippen LogP contribution < -0.4 is 5.32 Å². The van der Waals surface area contributed by atoms with E-state index in [9.17, 15) is 4.79 Å². The van der Waals surface area contributed by atoms with Crippen molar-refractivity contribution in [2.24, 2.45) is 0 Å². The van der Waals surface area contributed by atoms with Crippen molar-refractivity contribution in [2.45, 2.75) is 52.2 Å². The lowest BCUT2D eigenvalue weighted by Gasteiger charge is -2.38. The molecule has 0 bridgehead atoms. The average molecular weight is 230 g/mol. The van der Waals surface area contributed by atoms with Gasteiger partial charge in [-0.1, -0.05) is 13.3 Å². The monoisotopic (exact) mass is 230 g/mol. The van der Waals surface area contributed by atoms with Gasteiger partial charge in [-0.05, 0) is 33.7 Å². The first kappa shape index (κ1) is 13.3. The number of carbonyl (C=O) groups is 1. The number of hydrogen-bond donors (Lipinski definition) is 1. The van der Waals surface area contributed by atoms with Gasteiger partial charge < -0.3 is 10.1 Å². The lowest BCUT2D eigenvalue weighted by atomic mass is 10.1. The van der Waals surface area contributed by atoms with Crippen LogP contribution >= 0.6 is 0 Å². The summed E-state index contributed by atoms with van der Waals surface area (Å²) < 4.78 is 5.28. The van der Waals surface area contributed by atoms with Gasteiger partial charge in [0, 0.05) is 20.1 Å². The van der Waals surface area contributed by atoms with Crippen molar-refractivity contribution < 1.29 is 11.0 Å². The maximum atomic E-state index is 11.4. The summed E-state index contributed by atoms with van der Waals surface area (Å²) in [5.41, 5.74) is -0.220. The van der Waals surface area contributed by atoms with Crippen molar-refractivity contribution in [2.75, 3.05) is 19.6 Å². The second-order valence-electron chi connectivity index (χ2n) is 5.52. The number of ether oxygens (including phenoxy) is 1. The van der Waals surface area contributed by atoms with E-state index in [1.165, 1.54) is 12.8 Å². The van der Waals surface area contributed by atoms with E-state index in [0.717, 1.165) is 19.6 Å². The van der Waals surface area contributed by atoms with Gasteiger partial charge in [-0.25, -0.2) is 4.79 Å². The molecule has 1 rings (SSSR count). The number of nitrogens with zero attached hydrogens (tertiary/aromatic N) is 1. The molecular weight excluding hydrogens is 204 g/mol. The van der Waals surface area contributed by atoms with E-state index in [1.807, 2.05) is 20.8 Å². The van der Waals surface area contributed by atoms with E-state index in [-0.39, 0.29) is 19.2 Å². The van der Waals surface area contributed by atoms with Gasteiger partial charge in [-0.2, -0.15) is 0 Å². The summed E-state index contributed by atoms with van der Waals surface area (Å²) in [4.78, 5) is 13.7. The Balaban J connectivity index is 0.00000256. The lowest BCUT2D eigenvalue weighted by Crippen LogP contribution is -2.55. The molecule has 96 valence electrons. The normalized spacial score (nSPS) is 18.0. The highest BCUT2D eigenvalue weighted by molar-refractivity contribution is 5.68. The molecule has 0 aliphatic carbocycles. The Kier molecular flexibility index (Phi) is 4.59.